The van der Waals surface area contributed by atoms with E-state index in [2.05, 4.69) is 25.5 Å². The van der Waals surface area contributed by atoms with Crippen molar-refractivity contribution in [2.75, 3.05) is 5.32 Å². The first-order chi connectivity index (χ1) is 12.8. The molecular formula is C18H16N6O2. The maximum Gasteiger partial charge on any atom is 0.276 e. The van der Waals surface area contributed by atoms with Crippen LogP contribution in [-0.2, 0) is 16.2 Å². The van der Waals surface area contributed by atoms with Crippen LogP contribution >= 0.6 is 0 Å². The van der Waals surface area contributed by atoms with Crippen molar-refractivity contribution in [1.29, 1.82) is 0 Å². The number of nitrogens with zero attached hydrogens (tertiary/aromatic N) is 5. The molecule has 8 heteroatoms. The maximum atomic E-state index is 12.3. The molecule has 1 N–H and O–H groups in total. The van der Waals surface area contributed by atoms with Crippen LogP contribution in [0.3, 0.4) is 0 Å². The number of hydrogen-bond acceptors (Lipinski definition) is 6. The van der Waals surface area contributed by atoms with Gasteiger partial charge in [0.15, 0.2) is 6.10 Å². The van der Waals surface area contributed by atoms with Crippen LogP contribution < -0.4 is 5.32 Å². The van der Waals surface area contributed by atoms with Crippen molar-refractivity contribution in [1.82, 2.24) is 19.7 Å². The van der Waals surface area contributed by atoms with Gasteiger partial charge in [-0.1, -0.05) is 41.6 Å². The predicted molar refractivity (Wildman–Crippen MR) is 94.3 cm³/mol. The molecule has 0 radical (unpaired) electrons. The summed E-state index contributed by atoms with van der Waals surface area (Å²) in [5, 5.41) is 10.8. The van der Waals surface area contributed by atoms with Gasteiger partial charge < -0.3 is 4.84 Å². The highest BCUT2D eigenvalue weighted by Crippen LogP contribution is 2.27. The van der Waals surface area contributed by atoms with Crippen LogP contribution in [0.2, 0.25) is 0 Å². The van der Waals surface area contributed by atoms with E-state index in [9.17, 15) is 4.79 Å². The van der Waals surface area contributed by atoms with Gasteiger partial charge in [0.1, 0.15) is 12.0 Å². The number of pyridine rings is 1. The summed E-state index contributed by atoms with van der Waals surface area (Å²) in [5.74, 6) is -0.132. The zero-order valence-electron chi connectivity index (χ0n) is 13.8. The van der Waals surface area contributed by atoms with Gasteiger partial charge in [-0.2, -0.15) is 0 Å². The van der Waals surface area contributed by atoms with Crippen molar-refractivity contribution >= 4 is 17.6 Å². The lowest BCUT2D eigenvalue weighted by Gasteiger charge is -2.07. The summed E-state index contributed by atoms with van der Waals surface area (Å²) in [6.45, 7) is 0.525. The Hall–Kier alpha value is -3.55. The van der Waals surface area contributed by atoms with Crippen molar-refractivity contribution in [3.63, 3.8) is 0 Å². The lowest BCUT2D eigenvalue weighted by Crippen LogP contribution is -2.22. The monoisotopic (exact) mass is 348 g/mol. The highest BCUT2D eigenvalue weighted by atomic mass is 16.6. The van der Waals surface area contributed by atoms with Gasteiger partial charge in [-0.3, -0.25) is 15.1 Å². The second-order valence-electron chi connectivity index (χ2n) is 5.83. The third kappa shape index (κ3) is 3.59. The van der Waals surface area contributed by atoms with Gasteiger partial charge in [-0.15, -0.1) is 5.10 Å². The summed E-state index contributed by atoms with van der Waals surface area (Å²) in [6.07, 6.45) is 5.19. The SMILES string of the molecule is O=C(Nc1ncn(Cc2cccnc2)n1)C1=NO[C@@H](c2ccccc2)C1. The summed E-state index contributed by atoms with van der Waals surface area (Å²) in [6, 6.07) is 13.5. The van der Waals surface area contributed by atoms with E-state index in [1.165, 1.54) is 0 Å². The third-order valence-electron chi connectivity index (χ3n) is 3.93. The molecule has 1 amide bonds. The first kappa shape index (κ1) is 15.9. The van der Waals surface area contributed by atoms with Crippen LogP contribution in [-0.4, -0.2) is 31.4 Å². The van der Waals surface area contributed by atoms with Crippen molar-refractivity contribution in [3.05, 3.63) is 72.3 Å². The fourth-order valence-electron chi connectivity index (χ4n) is 2.64. The quantitative estimate of drug-likeness (QED) is 0.763. The molecule has 8 nitrogen and oxygen atoms in total. The van der Waals surface area contributed by atoms with Crippen molar-refractivity contribution in [2.24, 2.45) is 5.16 Å². The zero-order chi connectivity index (χ0) is 17.8. The van der Waals surface area contributed by atoms with Crippen molar-refractivity contribution < 1.29 is 9.63 Å². The van der Waals surface area contributed by atoms with Gasteiger partial charge in [0, 0.05) is 18.8 Å². The number of nitrogens with one attached hydrogen (secondary N) is 1. The number of carbonyl (C=O) groups excluding carboxylic acids is 1. The standard InChI is InChI=1S/C18H16N6O2/c25-17(15-9-16(26-23-15)14-6-2-1-3-7-14)21-18-20-12-24(22-18)11-13-5-4-8-19-10-13/h1-8,10,12,16H,9,11H2,(H,21,22,25)/t16-/m1/s1. The van der Waals surface area contributed by atoms with E-state index in [1.54, 1.807) is 23.4 Å². The molecular weight excluding hydrogens is 332 g/mol. The number of amides is 1. The molecule has 3 heterocycles. The molecule has 1 aliphatic rings. The molecule has 4 rings (SSSR count). The lowest BCUT2D eigenvalue weighted by atomic mass is 10.0. The largest absolute Gasteiger partial charge is 0.387 e. The molecule has 0 unspecified atom stereocenters. The summed E-state index contributed by atoms with van der Waals surface area (Å²) < 4.78 is 1.63. The van der Waals surface area contributed by atoms with E-state index in [1.807, 2.05) is 42.5 Å². The van der Waals surface area contributed by atoms with Gasteiger partial charge in [-0.05, 0) is 17.2 Å². The van der Waals surface area contributed by atoms with Gasteiger partial charge in [0.25, 0.3) is 5.91 Å². The van der Waals surface area contributed by atoms with Crippen LogP contribution in [0.15, 0.2) is 66.3 Å². The lowest BCUT2D eigenvalue weighted by molar-refractivity contribution is -0.110. The van der Waals surface area contributed by atoms with E-state index in [-0.39, 0.29) is 18.0 Å². The zero-order valence-corrected chi connectivity index (χ0v) is 13.8. The summed E-state index contributed by atoms with van der Waals surface area (Å²) in [7, 11) is 0. The van der Waals surface area contributed by atoms with Crippen molar-refractivity contribution in [3.8, 4) is 0 Å². The Labute approximate surface area is 149 Å². The minimum absolute atomic E-state index is 0.227. The number of anilines is 1. The third-order valence-corrected chi connectivity index (χ3v) is 3.93. The molecule has 2 aromatic heterocycles. The number of aromatic nitrogens is 4. The molecule has 1 atom stereocenters. The van der Waals surface area contributed by atoms with E-state index >= 15 is 0 Å². The highest BCUT2D eigenvalue weighted by Gasteiger charge is 2.27. The van der Waals surface area contributed by atoms with E-state index in [0.29, 0.717) is 18.7 Å². The minimum Gasteiger partial charge on any atom is -0.387 e. The maximum absolute atomic E-state index is 12.3. The Morgan fingerprint density at radius 1 is 1.23 bits per heavy atom. The van der Waals surface area contributed by atoms with Gasteiger partial charge in [0.05, 0.1) is 6.54 Å². The van der Waals surface area contributed by atoms with E-state index < -0.39 is 0 Å². The molecule has 0 aliphatic carbocycles. The van der Waals surface area contributed by atoms with E-state index in [4.69, 9.17) is 4.84 Å². The second-order valence-corrected chi connectivity index (χ2v) is 5.83. The van der Waals surface area contributed by atoms with Crippen LogP contribution in [0, 0.1) is 0 Å². The Balaban J connectivity index is 1.35. The first-order valence-electron chi connectivity index (χ1n) is 8.15. The fraction of sp³-hybridized carbons (Fsp3) is 0.167. The molecule has 130 valence electrons. The van der Waals surface area contributed by atoms with Crippen LogP contribution in [0.1, 0.15) is 23.7 Å². The number of oxime groups is 1. The molecule has 0 fully saturated rings. The Bertz CT molecular complexity index is 923. The smallest absolute Gasteiger partial charge is 0.276 e. The minimum atomic E-state index is -0.359. The van der Waals surface area contributed by atoms with Crippen LogP contribution in [0.25, 0.3) is 0 Å². The molecule has 26 heavy (non-hydrogen) atoms. The molecule has 0 spiro atoms. The summed E-state index contributed by atoms with van der Waals surface area (Å²) >= 11 is 0. The molecule has 1 aromatic carbocycles. The van der Waals surface area contributed by atoms with Gasteiger partial charge in [-0.25, -0.2) is 9.67 Å². The summed E-state index contributed by atoms with van der Waals surface area (Å²) in [5.41, 5.74) is 2.30. The number of hydrogen-bond donors (Lipinski definition) is 1. The number of carbonyl (C=O) groups is 1. The van der Waals surface area contributed by atoms with Crippen LogP contribution in [0.4, 0.5) is 5.95 Å². The molecule has 0 saturated carbocycles. The number of benzene rings is 1. The second kappa shape index (κ2) is 7.14. The molecule has 0 bridgehead atoms. The Kier molecular flexibility index (Phi) is 4.38. The van der Waals surface area contributed by atoms with Gasteiger partial charge in [0.2, 0.25) is 5.95 Å². The molecule has 3 aromatic rings. The topological polar surface area (TPSA) is 94.3 Å². The van der Waals surface area contributed by atoms with Gasteiger partial charge >= 0.3 is 0 Å². The Morgan fingerprint density at radius 2 is 2.12 bits per heavy atom. The van der Waals surface area contributed by atoms with Crippen molar-refractivity contribution in [2.45, 2.75) is 19.1 Å². The first-order valence-corrected chi connectivity index (χ1v) is 8.15. The summed E-state index contributed by atoms with van der Waals surface area (Å²) in [4.78, 5) is 25.9. The predicted octanol–water partition coefficient (Wildman–Crippen LogP) is 2.18. The Morgan fingerprint density at radius 3 is 2.92 bits per heavy atom. The average molecular weight is 348 g/mol. The van der Waals surface area contributed by atoms with Crippen LogP contribution in [0.5, 0.6) is 0 Å². The number of rotatable bonds is 5. The fourth-order valence-corrected chi connectivity index (χ4v) is 2.64. The highest BCUT2D eigenvalue weighted by molar-refractivity contribution is 6.43. The van der Waals surface area contributed by atoms with E-state index in [0.717, 1.165) is 11.1 Å². The molecule has 1 aliphatic heterocycles. The normalized spacial score (nSPS) is 16.0. The molecule has 0 saturated heterocycles. The average Bonchev–Trinajstić information content (AvgIpc) is 3.33.